The first-order valence-corrected chi connectivity index (χ1v) is 7.33. The fraction of sp³-hybridized carbons (Fsp3) is 0.278. The zero-order chi connectivity index (χ0) is 17.5. The van der Waals surface area contributed by atoms with Crippen LogP contribution < -0.4 is 18.9 Å². The summed E-state index contributed by atoms with van der Waals surface area (Å²) in [7, 11) is 4.50. The predicted molar refractivity (Wildman–Crippen MR) is 87.1 cm³/mol. The number of aliphatic carboxylic acids is 1. The highest BCUT2D eigenvalue weighted by Crippen LogP contribution is 2.55. The molecule has 1 aliphatic rings. The van der Waals surface area contributed by atoms with Crippen molar-refractivity contribution in [3.8, 4) is 34.1 Å². The standard InChI is InChI=1S/C18H18O6/c1-18(17(19)20)11-9-13(21-2)15(22-3)16(23-4)14(11)10-7-5-6-8-12(10)24-18/h5-9H,1-4H3,(H,19,20). The molecule has 2 aromatic rings. The zero-order valence-electron chi connectivity index (χ0n) is 13.9. The third-order valence-corrected chi connectivity index (χ3v) is 4.22. The maximum Gasteiger partial charge on any atom is 0.352 e. The van der Waals surface area contributed by atoms with E-state index in [1.807, 2.05) is 12.1 Å². The molecule has 1 unspecified atom stereocenters. The normalized spacial score (nSPS) is 18.0. The number of hydrogen-bond donors (Lipinski definition) is 1. The number of rotatable bonds is 4. The van der Waals surface area contributed by atoms with Gasteiger partial charge in [-0.15, -0.1) is 0 Å². The lowest BCUT2D eigenvalue weighted by atomic mass is 9.84. The van der Waals surface area contributed by atoms with E-state index in [0.29, 0.717) is 34.1 Å². The Labute approximate surface area is 139 Å². The van der Waals surface area contributed by atoms with Crippen LogP contribution in [0.2, 0.25) is 0 Å². The van der Waals surface area contributed by atoms with E-state index >= 15 is 0 Å². The summed E-state index contributed by atoms with van der Waals surface area (Å²) in [5.74, 6) is 0.565. The SMILES string of the molecule is COc1cc2c(c(OC)c1OC)-c1ccccc1OC2(C)C(=O)O. The van der Waals surface area contributed by atoms with Crippen molar-refractivity contribution in [2.75, 3.05) is 21.3 Å². The summed E-state index contributed by atoms with van der Waals surface area (Å²) < 4.78 is 22.2. The van der Waals surface area contributed by atoms with Gasteiger partial charge in [-0.2, -0.15) is 0 Å². The molecule has 0 bridgehead atoms. The molecule has 1 atom stereocenters. The number of carbonyl (C=O) groups is 1. The van der Waals surface area contributed by atoms with Gasteiger partial charge in [0.25, 0.3) is 0 Å². The van der Waals surface area contributed by atoms with Crippen molar-refractivity contribution in [3.05, 3.63) is 35.9 Å². The zero-order valence-corrected chi connectivity index (χ0v) is 13.9. The van der Waals surface area contributed by atoms with E-state index in [1.54, 1.807) is 18.2 Å². The van der Waals surface area contributed by atoms with Crippen molar-refractivity contribution in [3.63, 3.8) is 0 Å². The lowest BCUT2D eigenvalue weighted by Crippen LogP contribution is -2.41. The van der Waals surface area contributed by atoms with Gasteiger partial charge >= 0.3 is 5.97 Å². The third-order valence-electron chi connectivity index (χ3n) is 4.22. The van der Waals surface area contributed by atoms with Crippen LogP contribution in [0, 0.1) is 0 Å². The highest BCUT2D eigenvalue weighted by molar-refractivity contribution is 5.92. The molecule has 1 N–H and O–H groups in total. The van der Waals surface area contributed by atoms with E-state index in [0.717, 1.165) is 5.56 Å². The average Bonchev–Trinajstić information content (AvgIpc) is 2.59. The monoisotopic (exact) mass is 330 g/mol. The molecule has 0 saturated carbocycles. The summed E-state index contributed by atoms with van der Waals surface area (Å²) in [5.41, 5.74) is 0.241. The number of para-hydroxylation sites is 1. The van der Waals surface area contributed by atoms with Gasteiger partial charge in [0, 0.05) is 16.7 Å². The first kappa shape index (κ1) is 16.0. The Morgan fingerprint density at radius 1 is 1.08 bits per heavy atom. The van der Waals surface area contributed by atoms with E-state index in [4.69, 9.17) is 18.9 Å². The van der Waals surface area contributed by atoms with Gasteiger partial charge in [0.2, 0.25) is 11.4 Å². The Morgan fingerprint density at radius 2 is 1.75 bits per heavy atom. The van der Waals surface area contributed by atoms with Crippen LogP contribution in [0.25, 0.3) is 11.1 Å². The lowest BCUT2D eigenvalue weighted by Gasteiger charge is -2.35. The van der Waals surface area contributed by atoms with Crippen LogP contribution in [-0.4, -0.2) is 32.4 Å². The largest absolute Gasteiger partial charge is 0.493 e. The Kier molecular flexibility index (Phi) is 3.75. The molecule has 24 heavy (non-hydrogen) atoms. The average molecular weight is 330 g/mol. The van der Waals surface area contributed by atoms with E-state index < -0.39 is 11.6 Å². The summed E-state index contributed by atoms with van der Waals surface area (Å²) in [6.07, 6.45) is 0. The number of methoxy groups -OCH3 is 3. The van der Waals surface area contributed by atoms with Gasteiger partial charge in [-0.05, 0) is 19.1 Å². The molecule has 1 heterocycles. The van der Waals surface area contributed by atoms with E-state index in [9.17, 15) is 9.90 Å². The van der Waals surface area contributed by atoms with Crippen molar-refractivity contribution in [2.24, 2.45) is 0 Å². The van der Waals surface area contributed by atoms with Crippen LogP contribution in [0.15, 0.2) is 30.3 Å². The molecule has 6 heteroatoms. The van der Waals surface area contributed by atoms with Crippen molar-refractivity contribution < 1.29 is 28.8 Å². The first-order valence-electron chi connectivity index (χ1n) is 7.33. The summed E-state index contributed by atoms with van der Waals surface area (Å²) in [4.78, 5) is 12.0. The fourth-order valence-electron chi connectivity index (χ4n) is 3.00. The molecular weight excluding hydrogens is 312 g/mol. The van der Waals surface area contributed by atoms with Gasteiger partial charge < -0.3 is 24.1 Å². The van der Waals surface area contributed by atoms with Crippen LogP contribution in [0.5, 0.6) is 23.0 Å². The molecule has 0 radical (unpaired) electrons. The van der Waals surface area contributed by atoms with Crippen LogP contribution in [0.3, 0.4) is 0 Å². The maximum absolute atomic E-state index is 12.0. The van der Waals surface area contributed by atoms with Crippen LogP contribution in [0.1, 0.15) is 12.5 Å². The molecular formula is C18H18O6. The predicted octanol–water partition coefficient (Wildman–Crippen LogP) is 3.07. The second-order valence-electron chi connectivity index (χ2n) is 5.50. The summed E-state index contributed by atoms with van der Waals surface area (Å²) in [5, 5.41) is 9.79. The highest BCUT2D eigenvalue weighted by atomic mass is 16.5. The molecule has 1 aliphatic heterocycles. The Morgan fingerprint density at radius 3 is 2.33 bits per heavy atom. The van der Waals surface area contributed by atoms with Crippen LogP contribution >= 0.6 is 0 Å². The summed E-state index contributed by atoms with van der Waals surface area (Å²) in [6, 6.07) is 8.85. The number of ether oxygens (including phenoxy) is 4. The molecule has 0 fully saturated rings. The highest BCUT2D eigenvalue weighted by Gasteiger charge is 2.46. The van der Waals surface area contributed by atoms with Gasteiger partial charge in [0.15, 0.2) is 11.5 Å². The van der Waals surface area contributed by atoms with Gasteiger partial charge in [-0.3, -0.25) is 0 Å². The second-order valence-corrected chi connectivity index (χ2v) is 5.50. The van der Waals surface area contributed by atoms with Crippen LogP contribution in [0.4, 0.5) is 0 Å². The van der Waals surface area contributed by atoms with Gasteiger partial charge in [-0.25, -0.2) is 4.79 Å². The van der Waals surface area contributed by atoms with E-state index in [2.05, 4.69) is 0 Å². The fourth-order valence-corrected chi connectivity index (χ4v) is 3.00. The van der Waals surface area contributed by atoms with Crippen molar-refractivity contribution in [1.29, 1.82) is 0 Å². The Hall–Kier alpha value is -2.89. The molecule has 0 aromatic heterocycles. The molecule has 3 rings (SSSR count). The molecule has 126 valence electrons. The van der Waals surface area contributed by atoms with Gasteiger partial charge in [0.05, 0.1) is 21.3 Å². The Bertz CT molecular complexity index is 813. The first-order chi connectivity index (χ1) is 11.5. The molecule has 0 amide bonds. The number of carboxylic acid groups (broad SMARTS) is 1. The number of hydrogen-bond acceptors (Lipinski definition) is 5. The Balaban J connectivity index is 2.46. The minimum absolute atomic E-state index is 0.378. The van der Waals surface area contributed by atoms with Crippen molar-refractivity contribution in [2.45, 2.75) is 12.5 Å². The number of carboxylic acids is 1. The second kappa shape index (κ2) is 5.63. The molecule has 0 saturated heterocycles. The maximum atomic E-state index is 12.0. The van der Waals surface area contributed by atoms with E-state index in [1.165, 1.54) is 28.3 Å². The van der Waals surface area contributed by atoms with Gasteiger partial charge in [-0.1, -0.05) is 18.2 Å². The third kappa shape index (κ3) is 2.06. The quantitative estimate of drug-likeness (QED) is 0.929. The smallest absolute Gasteiger partial charge is 0.352 e. The molecule has 0 aliphatic carbocycles. The van der Waals surface area contributed by atoms with Crippen molar-refractivity contribution in [1.82, 2.24) is 0 Å². The van der Waals surface area contributed by atoms with E-state index in [-0.39, 0.29) is 0 Å². The summed E-state index contributed by atoms with van der Waals surface area (Å²) >= 11 is 0. The van der Waals surface area contributed by atoms with Crippen molar-refractivity contribution >= 4 is 5.97 Å². The lowest BCUT2D eigenvalue weighted by molar-refractivity contribution is -0.154. The number of benzene rings is 2. The minimum Gasteiger partial charge on any atom is -0.493 e. The summed E-state index contributed by atoms with van der Waals surface area (Å²) in [6.45, 7) is 1.51. The van der Waals surface area contributed by atoms with Gasteiger partial charge in [0.1, 0.15) is 5.75 Å². The minimum atomic E-state index is -1.57. The molecule has 2 aromatic carbocycles. The molecule has 6 nitrogen and oxygen atoms in total. The van der Waals surface area contributed by atoms with Crippen LogP contribution in [-0.2, 0) is 10.4 Å². The number of fused-ring (bicyclic) bond motifs is 3. The molecule has 0 spiro atoms. The topological polar surface area (TPSA) is 74.2 Å².